The minimum absolute atomic E-state index is 0. The molecule has 1 saturated carbocycles. The van der Waals surface area contributed by atoms with E-state index in [2.05, 4.69) is 4.72 Å². The summed E-state index contributed by atoms with van der Waals surface area (Å²) in [7, 11) is -3.67. The average Bonchev–Trinajstić information content (AvgIpc) is 2.47. The van der Waals surface area contributed by atoms with Crippen molar-refractivity contribution in [3.05, 3.63) is 29.8 Å². The summed E-state index contributed by atoms with van der Waals surface area (Å²) in [4.78, 5) is 11.2. The van der Waals surface area contributed by atoms with Crippen LogP contribution >= 0.6 is 12.4 Å². The monoisotopic (exact) mass is 347 g/mol. The van der Waals surface area contributed by atoms with Gasteiger partial charge in [0.15, 0.2) is 0 Å². The van der Waals surface area contributed by atoms with E-state index in [-0.39, 0.29) is 34.8 Å². The zero-order chi connectivity index (χ0) is 15.5. The lowest BCUT2D eigenvalue weighted by Crippen LogP contribution is -2.44. The van der Waals surface area contributed by atoms with Crippen LogP contribution in [0.4, 0.5) is 0 Å². The number of hydrogen-bond acceptors (Lipinski definition) is 4. The van der Waals surface area contributed by atoms with Gasteiger partial charge in [-0.2, -0.15) is 0 Å². The summed E-state index contributed by atoms with van der Waals surface area (Å²) >= 11 is 0. The maximum absolute atomic E-state index is 12.4. The molecule has 1 aromatic carbocycles. The van der Waals surface area contributed by atoms with Crippen LogP contribution < -0.4 is 16.2 Å². The van der Waals surface area contributed by atoms with Crippen molar-refractivity contribution in [1.82, 2.24) is 4.72 Å². The molecule has 1 aliphatic rings. The second-order valence-corrected chi connectivity index (χ2v) is 7.11. The molecule has 0 radical (unpaired) electrons. The van der Waals surface area contributed by atoms with Gasteiger partial charge in [-0.05, 0) is 43.5 Å². The molecule has 0 heterocycles. The molecular weight excluding hydrogens is 326 g/mol. The highest BCUT2D eigenvalue weighted by Gasteiger charge is 2.28. The van der Waals surface area contributed by atoms with Crippen molar-refractivity contribution >= 4 is 28.3 Å². The van der Waals surface area contributed by atoms with E-state index < -0.39 is 15.9 Å². The number of hydrogen-bond donors (Lipinski definition) is 3. The fraction of sp³-hybridized carbons (Fsp3) is 0.500. The van der Waals surface area contributed by atoms with Crippen molar-refractivity contribution < 1.29 is 13.2 Å². The number of carbonyl (C=O) groups is 1. The maximum Gasteiger partial charge on any atom is 0.248 e. The van der Waals surface area contributed by atoms with Crippen LogP contribution in [0.2, 0.25) is 0 Å². The number of carbonyl (C=O) groups excluding carboxylic acids is 1. The zero-order valence-electron chi connectivity index (χ0n) is 12.2. The Hall–Kier alpha value is -1.15. The SMILES string of the molecule is Cl.NCC1CCCCC1NS(=O)(=O)c1cccc(C(N)=O)c1. The lowest BCUT2D eigenvalue weighted by atomic mass is 9.85. The Kier molecular flexibility index (Phi) is 6.80. The number of halogens is 1. The van der Waals surface area contributed by atoms with E-state index >= 15 is 0 Å². The van der Waals surface area contributed by atoms with E-state index in [0.717, 1.165) is 25.7 Å². The second-order valence-electron chi connectivity index (χ2n) is 5.40. The van der Waals surface area contributed by atoms with Gasteiger partial charge in [0.1, 0.15) is 0 Å². The minimum Gasteiger partial charge on any atom is -0.366 e. The van der Waals surface area contributed by atoms with Crippen molar-refractivity contribution in [3.8, 4) is 0 Å². The van der Waals surface area contributed by atoms with Crippen LogP contribution in [0.1, 0.15) is 36.0 Å². The smallest absolute Gasteiger partial charge is 0.248 e. The Balaban J connectivity index is 0.00000242. The summed E-state index contributed by atoms with van der Waals surface area (Å²) in [5.74, 6) is -0.489. The highest BCUT2D eigenvalue weighted by Crippen LogP contribution is 2.25. The lowest BCUT2D eigenvalue weighted by molar-refractivity contribution is 0.1000. The third kappa shape index (κ3) is 4.42. The summed E-state index contributed by atoms with van der Waals surface area (Å²) in [5.41, 5.74) is 11.1. The zero-order valence-corrected chi connectivity index (χ0v) is 13.8. The van der Waals surface area contributed by atoms with Crippen molar-refractivity contribution in [2.75, 3.05) is 6.54 Å². The molecule has 1 aromatic rings. The van der Waals surface area contributed by atoms with Gasteiger partial charge < -0.3 is 11.5 Å². The van der Waals surface area contributed by atoms with E-state index in [4.69, 9.17) is 11.5 Å². The van der Waals surface area contributed by atoms with Crippen LogP contribution in [0, 0.1) is 5.92 Å². The maximum atomic E-state index is 12.4. The topological polar surface area (TPSA) is 115 Å². The number of nitrogens with one attached hydrogen (secondary N) is 1. The van der Waals surface area contributed by atoms with E-state index in [0.29, 0.717) is 6.54 Å². The highest BCUT2D eigenvalue weighted by molar-refractivity contribution is 7.89. The summed E-state index contributed by atoms with van der Waals surface area (Å²) in [6, 6.07) is 5.60. The predicted molar refractivity (Wildman–Crippen MR) is 87.3 cm³/mol. The first-order valence-electron chi connectivity index (χ1n) is 7.06. The van der Waals surface area contributed by atoms with Crippen LogP contribution in [-0.4, -0.2) is 26.9 Å². The van der Waals surface area contributed by atoms with E-state index in [1.807, 2.05) is 0 Å². The molecule has 5 N–H and O–H groups in total. The molecule has 0 saturated heterocycles. The van der Waals surface area contributed by atoms with Gasteiger partial charge in [0.05, 0.1) is 4.90 Å². The number of sulfonamides is 1. The third-order valence-electron chi connectivity index (χ3n) is 3.95. The molecule has 8 heteroatoms. The number of amides is 1. The molecule has 22 heavy (non-hydrogen) atoms. The largest absolute Gasteiger partial charge is 0.366 e. The van der Waals surface area contributed by atoms with E-state index in [1.165, 1.54) is 24.3 Å². The number of primary amides is 1. The van der Waals surface area contributed by atoms with Crippen molar-refractivity contribution in [2.24, 2.45) is 17.4 Å². The van der Waals surface area contributed by atoms with Gasteiger partial charge in [0, 0.05) is 11.6 Å². The molecule has 1 fully saturated rings. The molecule has 0 aliphatic heterocycles. The Bertz CT molecular complexity index is 622. The van der Waals surface area contributed by atoms with Gasteiger partial charge in [0.2, 0.25) is 15.9 Å². The van der Waals surface area contributed by atoms with Gasteiger partial charge in [-0.1, -0.05) is 18.9 Å². The molecular formula is C14H22ClN3O3S. The molecule has 1 aliphatic carbocycles. The first-order chi connectivity index (χ1) is 9.94. The Morgan fingerprint density at radius 2 is 1.95 bits per heavy atom. The molecule has 1 amide bonds. The second kappa shape index (κ2) is 7.92. The lowest BCUT2D eigenvalue weighted by Gasteiger charge is -2.31. The van der Waals surface area contributed by atoms with Gasteiger partial charge in [-0.25, -0.2) is 13.1 Å². The fourth-order valence-corrected chi connectivity index (χ4v) is 4.11. The molecule has 6 nitrogen and oxygen atoms in total. The van der Waals surface area contributed by atoms with Crippen LogP contribution in [0.15, 0.2) is 29.2 Å². The minimum atomic E-state index is -3.67. The normalized spacial score (nSPS) is 21.9. The summed E-state index contributed by atoms with van der Waals surface area (Å²) in [6.45, 7) is 0.467. The van der Waals surface area contributed by atoms with E-state index in [1.54, 1.807) is 0 Å². The quantitative estimate of drug-likeness (QED) is 0.736. The van der Waals surface area contributed by atoms with Gasteiger partial charge in [0.25, 0.3) is 0 Å². The molecule has 0 aromatic heterocycles. The van der Waals surface area contributed by atoms with Crippen LogP contribution in [-0.2, 0) is 10.0 Å². The predicted octanol–water partition coefficient (Wildman–Crippen LogP) is 1.00. The summed E-state index contributed by atoms with van der Waals surface area (Å²) < 4.78 is 27.6. The molecule has 2 rings (SSSR count). The first kappa shape index (κ1) is 18.9. The van der Waals surface area contributed by atoms with Crippen LogP contribution in [0.5, 0.6) is 0 Å². The summed E-state index contributed by atoms with van der Waals surface area (Å²) in [6.07, 6.45) is 3.80. The van der Waals surface area contributed by atoms with Crippen molar-refractivity contribution in [2.45, 2.75) is 36.6 Å². The van der Waals surface area contributed by atoms with Crippen LogP contribution in [0.25, 0.3) is 0 Å². The van der Waals surface area contributed by atoms with Crippen LogP contribution in [0.3, 0.4) is 0 Å². The molecule has 2 atom stereocenters. The Morgan fingerprint density at radius 3 is 2.59 bits per heavy atom. The highest BCUT2D eigenvalue weighted by atomic mass is 35.5. The Morgan fingerprint density at radius 1 is 1.27 bits per heavy atom. The van der Waals surface area contributed by atoms with E-state index in [9.17, 15) is 13.2 Å². The molecule has 0 bridgehead atoms. The van der Waals surface area contributed by atoms with Gasteiger partial charge in [-0.15, -0.1) is 12.4 Å². The number of nitrogens with two attached hydrogens (primary N) is 2. The van der Waals surface area contributed by atoms with Gasteiger partial charge in [-0.3, -0.25) is 4.79 Å². The molecule has 124 valence electrons. The average molecular weight is 348 g/mol. The standard InChI is InChI=1S/C14H21N3O3S.ClH/c15-9-11-4-1-2-7-13(11)17-21(19,20)12-6-3-5-10(8-12)14(16)18;/h3,5-6,8,11,13,17H,1-2,4,7,9,15H2,(H2,16,18);1H. The number of benzene rings is 1. The van der Waals surface area contributed by atoms with Gasteiger partial charge >= 0.3 is 0 Å². The Labute approximate surface area is 137 Å². The molecule has 2 unspecified atom stereocenters. The van der Waals surface area contributed by atoms with Crippen molar-refractivity contribution in [3.63, 3.8) is 0 Å². The number of rotatable bonds is 5. The third-order valence-corrected chi connectivity index (χ3v) is 5.43. The molecule has 0 spiro atoms. The van der Waals surface area contributed by atoms with Crippen molar-refractivity contribution in [1.29, 1.82) is 0 Å². The summed E-state index contributed by atoms with van der Waals surface area (Å²) in [5, 5.41) is 0. The fourth-order valence-electron chi connectivity index (χ4n) is 2.73. The first-order valence-corrected chi connectivity index (χ1v) is 8.54.